The molecule has 1 aliphatic carbocycles. The van der Waals surface area contributed by atoms with Gasteiger partial charge in [-0.1, -0.05) is 0 Å². The van der Waals surface area contributed by atoms with Crippen molar-refractivity contribution in [2.75, 3.05) is 0 Å². The molecule has 2 rings (SSSR count). The number of aryl methyl sites for hydroxylation is 1. The molecule has 0 aliphatic heterocycles. The van der Waals surface area contributed by atoms with E-state index in [4.69, 9.17) is 0 Å². The Hall–Kier alpha value is -1.41. The number of nitrogens with zero attached hydrogens (tertiary/aromatic N) is 2. The van der Waals surface area contributed by atoms with Crippen LogP contribution < -0.4 is 0 Å². The lowest BCUT2D eigenvalue weighted by atomic mass is 10.1. The Morgan fingerprint density at radius 2 is 2.50 bits per heavy atom. The lowest BCUT2D eigenvalue weighted by Crippen LogP contribution is -2.04. The van der Waals surface area contributed by atoms with Crippen LogP contribution in [-0.2, 0) is 10.3 Å². The van der Waals surface area contributed by atoms with Crippen molar-refractivity contribution in [1.29, 1.82) is 0 Å². The molecule has 4 heteroatoms. The summed E-state index contributed by atoms with van der Waals surface area (Å²) in [4.78, 5) is 21.0. The molecule has 0 radical (unpaired) electrons. The van der Waals surface area contributed by atoms with Crippen molar-refractivity contribution in [2.24, 2.45) is 4.99 Å². The quantitative estimate of drug-likeness (QED) is 0.523. The number of imidazole rings is 1. The minimum absolute atomic E-state index is 0.328. The van der Waals surface area contributed by atoms with Crippen LogP contribution in [0.4, 0.5) is 0 Å². The van der Waals surface area contributed by atoms with Gasteiger partial charge >= 0.3 is 0 Å². The molecule has 1 aromatic rings. The highest BCUT2D eigenvalue weighted by molar-refractivity contribution is 5.40. The van der Waals surface area contributed by atoms with Crippen molar-refractivity contribution < 1.29 is 4.79 Å². The van der Waals surface area contributed by atoms with Gasteiger partial charge in [0.1, 0.15) is 5.54 Å². The van der Waals surface area contributed by atoms with Crippen LogP contribution in [-0.4, -0.2) is 16.0 Å². The van der Waals surface area contributed by atoms with Crippen LogP contribution in [0.3, 0.4) is 0 Å². The molecule has 1 fully saturated rings. The number of isocyanates is 1. The molecular formula is C8H9N3O. The Balaban J connectivity index is 2.42. The molecule has 0 spiro atoms. The van der Waals surface area contributed by atoms with Crippen LogP contribution in [0.2, 0.25) is 0 Å². The zero-order valence-corrected chi connectivity index (χ0v) is 6.79. The average Bonchev–Trinajstić information content (AvgIpc) is 2.68. The summed E-state index contributed by atoms with van der Waals surface area (Å²) in [5.74, 6) is 0. The van der Waals surface area contributed by atoms with Crippen LogP contribution in [0.25, 0.3) is 0 Å². The van der Waals surface area contributed by atoms with E-state index in [0.29, 0.717) is 0 Å². The van der Waals surface area contributed by atoms with Crippen LogP contribution in [0.1, 0.15) is 24.2 Å². The second-order valence-corrected chi connectivity index (χ2v) is 3.11. The van der Waals surface area contributed by atoms with Gasteiger partial charge in [0, 0.05) is 5.69 Å². The maximum Gasteiger partial charge on any atom is 0.235 e. The fraction of sp³-hybridized carbons (Fsp3) is 0.500. The largest absolute Gasteiger partial charge is 0.348 e. The Labute approximate surface area is 69.7 Å². The summed E-state index contributed by atoms with van der Waals surface area (Å²) in [5.41, 5.74) is 1.56. The first-order chi connectivity index (χ1) is 5.78. The molecule has 0 bridgehead atoms. The number of H-pyrrole nitrogens is 1. The second kappa shape index (κ2) is 2.29. The highest BCUT2D eigenvalue weighted by Crippen LogP contribution is 2.49. The fourth-order valence-corrected chi connectivity index (χ4v) is 1.44. The number of hydrogen-bond acceptors (Lipinski definition) is 3. The van der Waals surface area contributed by atoms with Gasteiger partial charge in [-0.15, -0.1) is 0 Å². The third-order valence-electron chi connectivity index (χ3n) is 2.25. The number of rotatable bonds is 2. The van der Waals surface area contributed by atoms with Crippen molar-refractivity contribution in [3.8, 4) is 0 Å². The van der Waals surface area contributed by atoms with E-state index in [9.17, 15) is 4.79 Å². The molecule has 0 saturated heterocycles. The first-order valence-electron chi connectivity index (χ1n) is 3.88. The van der Waals surface area contributed by atoms with E-state index in [1.807, 2.05) is 6.92 Å². The SMILES string of the molecule is Cc1[nH]cnc1C1(N=C=O)CC1. The van der Waals surface area contributed by atoms with Crippen LogP contribution in [0.5, 0.6) is 0 Å². The van der Waals surface area contributed by atoms with Gasteiger partial charge in [0.15, 0.2) is 0 Å². The van der Waals surface area contributed by atoms with Crippen molar-refractivity contribution in [2.45, 2.75) is 25.3 Å². The van der Waals surface area contributed by atoms with E-state index in [-0.39, 0.29) is 5.54 Å². The van der Waals surface area contributed by atoms with E-state index in [0.717, 1.165) is 24.2 Å². The third kappa shape index (κ3) is 0.889. The smallest absolute Gasteiger partial charge is 0.235 e. The number of carbonyl (C=O) groups excluding carboxylic acids is 1. The van der Waals surface area contributed by atoms with Crippen LogP contribution in [0, 0.1) is 6.92 Å². The minimum atomic E-state index is -0.328. The molecule has 1 saturated carbocycles. The van der Waals surface area contributed by atoms with E-state index >= 15 is 0 Å². The second-order valence-electron chi connectivity index (χ2n) is 3.11. The lowest BCUT2D eigenvalue weighted by Gasteiger charge is -2.03. The Kier molecular flexibility index (Phi) is 1.38. The number of aliphatic imine (C=N–C) groups is 1. The van der Waals surface area contributed by atoms with Crippen molar-refractivity contribution in [1.82, 2.24) is 9.97 Å². The molecule has 1 aromatic heterocycles. The molecule has 1 heterocycles. The van der Waals surface area contributed by atoms with Gasteiger partial charge in [0.25, 0.3) is 0 Å². The predicted molar refractivity (Wildman–Crippen MR) is 42.4 cm³/mol. The van der Waals surface area contributed by atoms with Gasteiger partial charge in [-0.25, -0.2) is 9.78 Å². The maximum absolute atomic E-state index is 10.1. The first-order valence-corrected chi connectivity index (χ1v) is 3.88. The van der Waals surface area contributed by atoms with Gasteiger partial charge in [0.05, 0.1) is 12.0 Å². The molecular weight excluding hydrogens is 154 g/mol. The molecule has 1 aliphatic rings. The van der Waals surface area contributed by atoms with E-state index in [2.05, 4.69) is 15.0 Å². The molecule has 12 heavy (non-hydrogen) atoms. The minimum Gasteiger partial charge on any atom is -0.348 e. The maximum atomic E-state index is 10.1. The molecule has 0 amide bonds. The number of hydrogen-bond donors (Lipinski definition) is 1. The monoisotopic (exact) mass is 163 g/mol. The van der Waals surface area contributed by atoms with Gasteiger partial charge in [-0.3, -0.25) is 0 Å². The molecule has 0 aromatic carbocycles. The van der Waals surface area contributed by atoms with E-state index in [1.165, 1.54) is 0 Å². The summed E-state index contributed by atoms with van der Waals surface area (Å²) in [5, 5.41) is 0. The predicted octanol–water partition coefficient (Wildman–Crippen LogP) is 1.04. The molecule has 0 unspecified atom stereocenters. The van der Waals surface area contributed by atoms with E-state index in [1.54, 1.807) is 12.4 Å². The lowest BCUT2D eigenvalue weighted by molar-refractivity contribution is 0.555. The third-order valence-corrected chi connectivity index (χ3v) is 2.25. The van der Waals surface area contributed by atoms with Gasteiger partial charge in [0.2, 0.25) is 6.08 Å². The Bertz CT molecular complexity index is 345. The zero-order valence-electron chi connectivity index (χ0n) is 6.79. The summed E-state index contributed by atoms with van der Waals surface area (Å²) in [6, 6.07) is 0. The zero-order chi connectivity index (χ0) is 8.60. The molecule has 62 valence electrons. The van der Waals surface area contributed by atoms with E-state index < -0.39 is 0 Å². The normalized spacial score (nSPS) is 18.4. The first kappa shape index (κ1) is 7.25. The Morgan fingerprint density at radius 3 is 2.92 bits per heavy atom. The van der Waals surface area contributed by atoms with Gasteiger partial charge in [-0.2, -0.15) is 4.99 Å². The number of nitrogens with one attached hydrogen (secondary N) is 1. The topological polar surface area (TPSA) is 58.1 Å². The molecule has 1 N–H and O–H groups in total. The summed E-state index contributed by atoms with van der Waals surface area (Å²) in [6.07, 6.45) is 5.06. The van der Waals surface area contributed by atoms with Crippen molar-refractivity contribution in [3.63, 3.8) is 0 Å². The number of aromatic nitrogens is 2. The summed E-state index contributed by atoms with van der Waals surface area (Å²) < 4.78 is 0. The van der Waals surface area contributed by atoms with Crippen LogP contribution >= 0.6 is 0 Å². The average molecular weight is 163 g/mol. The Morgan fingerprint density at radius 1 is 1.75 bits per heavy atom. The van der Waals surface area contributed by atoms with Gasteiger partial charge < -0.3 is 4.98 Å². The molecule has 4 nitrogen and oxygen atoms in total. The fourth-order valence-electron chi connectivity index (χ4n) is 1.44. The highest BCUT2D eigenvalue weighted by Gasteiger charge is 2.47. The van der Waals surface area contributed by atoms with Crippen molar-refractivity contribution in [3.05, 3.63) is 17.7 Å². The molecule has 0 atom stereocenters. The summed E-state index contributed by atoms with van der Waals surface area (Å²) in [7, 11) is 0. The van der Waals surface area contributed by atoms with Crippen LogP contribution in [0.15, 0.2) is 11.3 Å². The highest BCUT2D eigenvalue weighted by atomic mass is 16.1. The van der Waals surface area contributed by atoms with Gasteiger partial charge in [-0.05, 0) is 19.8 Å². The standard InChI is InChI=1S/C8H9N3O/c1-6-7(10-4-9-6)8(2-3-8)11-5-12/h4H,2-3H2,1H3,(H,9,10). The summed E-state index contributed by atoms with van der Waals surface area (Å²) >= 11 is 0. The van der Waals surface area contributed by atoms with Crippen molar-refractivity contribution >= 4 is 6.08 Å². The summed E-state index contributed by atoms with van der Waals surface area (Å²) in [6.45, 7) is 1.93. The number of aromatic amines is 1.